The molecule has 0 aromatic heterocycles. The van der Waals surface area contributed by atoms with Gasteiger partial charge in [-0.3, -0.25) is 0 Å². The molecule has 1 amide bonds. The summed E-state index contributed by atoms with van der Waals surface area (Å²) in [6.07, 6.45) is -3.43. The first-order valence-corrected chi connectivity index (χ1v) is 10.5. The van der Waals surface area contributed by atoms with Crippen molar-refractivity contribution in [3.8, 4) is 11.1 Å². The Kier molecular flexibility index (Phi) is 6.39. The average molecular weight is 436 g/mol. The predicted octanol–water partition coefficient (Wildman–Crippen LogP) is 3.73. The number of aliphatic hydroxyl groups is 2. The fourth-order valence-corrected chi connectivity index (χ4v) is 4.19. The largest absolute Gasteiger partial charge is 0.449 e. The number of hydrogen-bond acceptors (Lipinski definition) is 5. The Morgan fingerprint density at radius 2 is 1.62 bits per heavy atom. The molecular weight excluding hydrogens is 411 g/mol. The summed E-state index contributed by atoms with van der Waals surface area (Å²) in [4.78, 5) is 12.2. The number of amides is 1. The molecule has 0 spiro atoms. The molecule has 0 heterocycles. The standard InChI is InChI=1S/C25H25FN2O4/c26-20-10-5-11-21(27)23(20)24(30)22(29)12-13-28-25(31)32-14-19-17-8-3-1-6-15(17)16-7-2-4-9-18(16)19/h1-11,19,22,24,29-30H,12-14,27H2,(H,28,31). The molecule has 3 aromatic carbocycles. The molecule has 0 saturated carbocycles. The normalized spacial score (nSPS) is 14.3. The monoisotopic (exact) mass is 436 g/mol. The second-order valence-corrected chi connectivity index (χ2v) is 7.80. The number of nitrogens with one attached hydrogen (secondary N) is 1. The van der Waals surface area contributed by atoms with Crippen LogP contribution in [0.3, 0.4) is 0 Å². The first-order chi connectivity index (χ1) is 15.5. The molecule has 2 atom stereocenters. The van der Waals surface area contributed by atoms with Crippen LogP contribution in [0.15, 0.2) is 66.7 Å². The van der Waals surface area contributed by atoms with Gasteiger partial charge in [0.05, 0.1) is 6.10 Å². The number of aliphatic hydroxyl groups excluding tert-OH is 2. The number of benzene rings is 3. The van der Waals surface area contributed by atoms with Crippen molar-refractivity contribution in [2.24, 2.45) is 0 Å². The first kappa shape index (κ1) is 21.8. The molecule has 0 saturated heterocycles. The summed E-state index contributed by atoms with van der Waals surface area (Å²) in [5.41, 5.74) is 10.1. The maximum Gasteiger partial charge on any atom is 0.407 e. The van der Waals surface area contributed by atoms with Crippen LogP contribution in [0.25, 0.3) is 11.1 Å². The fraction of sp³-hybridized carbons (Fsp3) is 0.240. The van der Waals surface area contributed by atoms with Gasteiger partial charge >= 0.3 is 6.09 Å². The molecule has 0 fully saturated rings. The van der Waals surface area contributed by atoms with E-state index in [1.807, 2.05) is 36.4 Å². The summed E-state index contributed by atoms with van der Waals surface area (Å²) in [6.45, 7) is 0.222. The number of nitrogens with two attached hydrogens (primary N) is 1. The predicted molar refractivity (Wildman–Crippen MR) is 119 cm³/mol. The summed E-state index contributed by atoms with van der Waals surface area (Å²) in [5.74, 6) is -0.745. The number of carbonyl (C=O) groups excluding carboxylic acids is 1. The van der Waals surface area contributed by atoms with E-state index in [1.165, 1.54) is 12.1 Å². The Balaban J connectivity index is 1.30. The number of carbonyl (C=O) groups is 1. The van der Waals surface area contributed by atoms with Crippen molar-refractivity contribution in [2.45, 2.75) is 24.5 Å². The molecule has 7 heteroatoms. The van der Waals surface area contributed by atoms with E-state index in [9.17, 15) is 19.4 Å². The molecule has 166 valence electrons. The van der Waals surface area contributed by atoms with Crippen molar-refractivity contribution in [3.63, 3.8) is 0 Å². The summed E-state index contributed by atoms with van der Waals surface area (Å²) < 4.78 is 19.4. The average Bonchev–Trinajstić information content (AvgIpc) is 3.11. The lowest BCUT2D eigenvalue weighted by Crippen LogP contribution is -2.31. The zero-order valence-electron chi connectivity index (χ0n) is 17.4. The van der Waals surface area contributed by atoms with Gasteiger partial charge in [0.15, 0.2) is 0 Å². The molecule has 32 heavy (non-hydrogen) atoms. The van der Waals surface area contributed by atoms with E-state index < -0.39 is 24.1 Å². The minimum absolute atomic E-state index is 0.000857. The number of anilines is 1. The number of fused-ring (bicyclic) bond motifs is 3. The summed E-state index contributed by atoms with van der Waals surface area (Å²) in [5, 5.41) is 23.0. The smallest absolute Gasteiger partial charge is 0.407 e. The topological polar surface area (TPSA) is 105 Å². The Morgan fingerprint density at radius 1 is 1.00 bits per heavy atom. The third kappa shape index (κ3) is 4.30. The molecule has 1 aliphatic rings. The van der Waals surface area contributed by atoms with Crippen LogP contribution in [0, 0.1) is 5.82 Å². The molecule has 0 radical (unpaired) electrons. The Bertz CT molecular complexity index is 1050. The van der Waals surface area contributed by atoms with Crippen LogP contribution in [0.4, 0.5) is 14.9 Å². The van der Waals surface area contributed by atoms with Crippen molar-refractivity contribution in [1.82, 2.24) is 5.32 Å². The SMILES string of the molecule is Nc1cccc(F)c1C(O)C(O)CCNC(=O)OCC1c2ccccc2-c2ccccc21. The van der Waals surface area contributed by atoms with Crippen LogP contribution < -0.4 is 11.1 Å². The number of hydrogen-bond donors (Lipinski definition) is 4. The van der Waals surface area contributed by atoms with Gasteiger partial charge in [-0.2, -0.15) is 0 Å². The van der Waals surface area contributed by atoms with E-state index in [0.29, 0.717) is 0 Å². The number of ether oxygens (including phenoxy) is 1. The van der Waals surface area contributed by atoms with Gasteiger partial charge in [-0.1, -0.05) is 54.6 Å². The highest BCUT2D eigenvalue weighted by atomic mass is 19.1. The van der Waals surface area contributed by atoms with Crippen molar-refractivity contribution >= 4 is 11.8 Å². The van der Waals surface area contributed by atoms with Crippen LogP contribution in [0.5, 0.6) is 0 Å². The molecule has 0 bridgehead atoms. The molecule has 5 N–H and O–H groups in total. The van der Waals surface area contributed by atoms with E-state index in [1.54, 1.807) is 0 Å². The van der Waals surface area contributed by atoms with Crippen LogP contribution in [-0.4, -0.2) is 35.6 Å². The fourth-order valence-electron chi connectivity index (χ4n) is 4.19. The molecule has 6 nitrogen and oxygen atoms in total. The van der Waals surface area contributed by atoms with Gasteiger partial charge in [0.1, 0.15) is 18.5 Å². The van der Waals surface area contributed by atoms with Crippen LogP contribution in [0.1, 0.15) is 35.1 Å². The van der Waals surface area contributed by atoms with Gasteiger partial charge in [-0.25, -0.2) is 9.18 Å². The maximum atomic E-state index is 13.9. The molecule has 0 aliphatic heterocycles. The summed E-state index contributed by atoms with van der Waals surface area (Å²) in [6, 6.07) is 20.1. The highest BCUT2D eigenvalue weighted by molar-refractivity contribution is 5.79. The maximum absolute atomic E-state index is 13.9. The number of rotatable bonds is 7. The summed E-state index contributed by atoms with van der Waals surface area (Å²) >= 11 is 0. The van der Waals surface area contributed by atoms with Gasteiger partial charge in [0.2, 0.25) is 0 Å². The van der Waals surface area contributed by atoms with E-state index in [0.717, 1.165) is 28.3 Å². The van der Waals surface area contributed by atoms with E-state index in [-0.39, 0.29) is 36.7 Å². The van der Waals surface area contributed by atoms with Crippen molar-refractivity contribution < 1.29 is 24.1 Å². The Morgan fingerprint density at radius 3 is 2.25 bits per heavy atom. The second kappa shape index (κ2) is 9.38. The minimum atomic E-state index is -1.50. The number of alkyl carbamates (subject to hydrolysis) is 1. The number of nitrogen functional groups attached to an aromatic ring is 1. The Hall–Kier alpha value is -3.42. The van der Waals surface area contributed by atoms with Gasteiger partial charge in [-0.15, -0.1) is 0 Å². The van der Waals surface area contributed by atoms with Crippen molar-refractivity contribution in [2.75, 3.05) is 18.9 Å². The zero-order valence-corrected chi connectivity index (χ0v) is 17.4. The minimum Gasteiger partial charge on any atom is -0.449 e. The molecule has 4 rings (SSSR count). The first-order valence-electron chi connectivity index (χ1n) is 10.5. The highest BCUT2D eigenvalue weighted by Gasteiger charge is 2.29. The molecule has 1 aliphatic carbocycles. The zero-order chi connectivity index (χ0) is 22.7. The molecular formula is C25H25FN2O4. The van der Waals surface area contributed by atoms with E-state index in [4.69, 9.17) is 10.5 Å². The van der Waals surface area contributed by atoms with Crippen molar-refractivity contribution in [1.29, 1.82) is 0 Å². The third-order valence-electron chi connectivity index (χ3n) is 5.80. The quantitative estimate of drug-likeness (QED) is 0.423. The number of halogens is 1. The van der Waals surface area contributed by atoms with Gasteiger partial charge < -0.3 is 26.0 Å². The van der Waals surface area contributed by atoms with Gasteiger partial charge in [-0.05, 0) is 40.8 Å². The van der Waals surface area contributed by atoms with Crippen LogP contribution in [0.2, 0.25) is 0 Å². The van der Waals surface area contributed by atoms with E-state index >= 15 is 0 Å². The second-order valence-electron chi connectivity index (χ2n) is 7.80. The van der Waals surface area contributed by atoms with Crippen LogP contribution >= 0.6 is 0 Å². The van der Waals surface area contributed by atoms with E-state index in [2.05, 4.69) is 17.4 Å². The lowest BCUT2D eigenvalue weighted by atomic mass is 9.98. The lowest BCUT2D eigenvalue weighted by Gasteiger charge is -2.20. The molecule has 2 unspecified atom stereocenters. The van der Waals surface area contributed by atoms with Gasteiger partial charge in [0.25, 0.3) is 0 Å². The van der Waals surface area contributed by atoms with Gasteiger partial charge in [0, 0.05) is 23.7 Å². The summed E-state index contributed by atoms with van der Waals surface area (Å²) in [7, 11) is 0. The Labute approximate surface area is 185 Å². The van der Waals surface area contributed by atoms with Crippen LogP contribution in [-0.2, 0) is 4.74 Å². The molecule has 3 aromatic rings. The van der Waals surface area contributed by atoms with Crippen molar-refractivity contribution in [3.05, 3.63) is 89.2 Å². The highest BCUT2D eigenvalue weighted by Crippen LogP contribution is 2.44. The third-order valence-corrected chi connectivity index (χ3v) is 5.80. The lowest BCUT2D eigenvalue weighted by molar-refractivity contribution is 0.0121.